The number of nitrogens with one attached hydrogen (secondary N) is 1. The average molecular weight is 289 g/mol. The summed E-state index contributed by atoms with van der Waals surface area (Å²) in [6.07, 6.45) is 6.99. The Morgan fingerprint density at radius 2 is 2.00 bits per heavy atom. The molecule has 1 saturated carbocycles. The van der Waals surface area contributed by atoms with Crippen molar-refractivity contribution in [3.05, 3.63) is 35.4 Å². The molecule has 3 atom stereocenters. The van der Waals surface area contributed by atoms with Gasteiger partial charge in [-0.25, -0.2) is 0 Å². The Morgan fingerprint density at radius 3 is 2.71 bits per heavy atom. The monoisotopic (exact) mass is 289 g/mol. The summed E-state index contributed by atoms with van der Waals surface area (Å²) >= 11 is 0. The Morgan fingerprint density at radius 1 is 1.24 bits per heavy atom. The predicted molar refractivity (Wildman–Crippen MR) is 89.6 cm³/mol. The van der Waals surface area contributed by atoms with E-state index in [9.17, 15) is 0 Å². The third kappa shape index (κ3) is 4.82. The van der Waals surface area contributed by atoms with Crippen LogP contribution in [0.5, 0.6) is 0 Å². The van der Waals surface area contributed by atoms with Gasteiger partial charge < -0.3 is 10.1 Å². The van der Waals surface area contributed by atoms with E-state index in [-0.39, 0.29) is 6.10 Å². The fourth-order valence-corrected chi connectivity index (χ4v) is 3.28. The lowest BCUT2D eigenvalue weighted by Gasteiger charge is -2.33. The maximum Gasteiger partial charge on any atom is 0.0955 e. The molecule has 3 unspecified atom stereocenters. The van der Waals surface area contributed by atoms with Crippen LogP contribution in [0.2, 0.25) is 0 Å². The minimum atomic E-state index is 0.184. The van der Waals surface area contributed by atoms with Crippen LogP contribution in [0.1, 0.15) is 63.2 Å². The smallest absolute Gasteiger partial charge is 0.0955 e. The maximum atomic E-state index is 6.55. The summed E-state index contributed by atoms with van der Waals surface area (Å²) in [6, 6.07) is 8.65. The topological polar surface area (TPSA) is 21.3 Å². The third-order valence-electron chi connectivity index (χ3n) is 4.66. The highest BCUT2D eigenvalue weighted by molar-refractivity contribution is 5.28. The second-order valence-electron chi connectivity index (χ2n) is 6.49. The maximum absolute atomic E-state index is 6.55. The summed E-state index contributed by atoms with van der Waals surface area (Å²) in [4.78, 5) is 0. The zero-order chi connectivity index (χ0) is 15.1. The highest BCUT2D eigenvalue weighted by atomic mass is 16.5. The van der Waals surface area contributed by atoms with Gasteiger partial charge >= 0.3 is 0 Å². The molecule has 1 aromatic rings. The van der Waals surface area contributed by atoms with Gasteiger partial charge in [0, 0.05) is 6.54 Å². The largest absolute Gasteiger partial charge is 0.369 e. The lowest BCUT2D eigenvalue weighted by Crippen LogP contribution is -2.32. The number of hydrogen-bond donors (Lipinski definition) is 1. The molecule has 2 heteroatoms. The first-order chi connectivity index (χ1) is 10.2. The number of rotatable bonds is 7. The zero-order valence-electron chi connectivity index (χ0n) is 13.9. The van der Waals surface area contributed by atoms with Gasteiger partial charge in [-0.2, -0.15) is 0 Å². The van der Waals surface area contributed by atoms with Gasteiger partial charge in [-0.3, -0.25) is 0 Å². The molecule has 1 aliphatic carbocycles. The molecular formula is C19H31NO. The van der Waals surface area contributed by atoms with E-state index in [1.807, 2.05) is 0 Å². The van der Waals surface area contributed by atoms with Crippen LogP contribution in [0, 0.1) is 12.8 Å². The van der Waals surface area contributed by atoms with Crippen LogP contribution < -0.4 is 5.32 Å². The van der Waals surface area contributed by atoms with E-state index in [4.69, 9.17) is 4.74 Å². The molecule has 0 saturated heterocycles. The SMILES string of the molecule is CCCNCC(OC1CCCCC1C)c1ccccc1C. The summed E-state index contributed by atoms with van der Waals surface area (Å²) in [7, 11) is 0. The molecule has 0 heterocycles. The Balaban J connectivity index is 2.06. The van der Waals surface area contributed by atoms with Crippen LogP contribution in [0.15, 0.2) is 24.3 Å². The number of ether oxygens (including phenoxy) is 1. The van der Waals surface area contributed by atoms with Gasteiger partial charge in [0.25, 0.3) is 0 Å². The number of aryl methyl sites for hydroxylation is 1. The Labute approximate surface area is 130 Å². The van der Waals surface area contributed by atoms with Crippen LogP contribution in [-0.2, 0) is 4.74 Å². The first-order valence-electron chi connectivity index (χ1n) is 8.64. The van der Waals surface area contributed by atoms with E-state index in [1.165, 1.54) is 43.2 Å². The Bertz CT molecular complexity index is 418. The van der Waals surface area contributed by atoms with Gasteiger partial charge in [0.15, 0.2) is 0 Å². The molecule has 1 aliphatic rings. The summed E-state index contributed by atoms with van der Waals surface area (Å²) in [5.41, 5.74) is 2.68. The summed E-state index contributed by atoms with van der Waals surface area (Å²) in [6.45, 7) is 8.72. The van der Waals surface area contributed by atoms with Crippen LogP contribution in [0.3, 0.4) is 0 Å². The van der Waals surface area contributed by atoms with Crippen molar-refractivity contribution in [1.29, 1.82) is 0 Å². The first kappa shape index (κ1) is 16.5. The summed E-state index contributed by atoms with van der Waals surface area (Å²) in [5, 5.41) is 3.54. The number of hydrogen-bond acceptors (Lipinski definition) is 2. The Hall–Kier alpha value is -0.860. The molecule has 1 aromatic carbocycles. The Kier molecular flexibility index (Phi) is 6.72. The molecule has 1 fully saturated rings. The van der Waals surface area contributed by atoms with Crippen molar-refractivity contribution in [3.8, 4) is 0 Å². The molecule has 0 aromatic heterocycles. The van der Waals surface area contributed by atoms with Crippen LogP contribution >= 0.6 is 0 Å². The molecule has 0 aliphatic heterocycles. The zero-order valence-corrected chi connectivity index (χ0v) is 13.9. The van der Waals surface area contributed by atoms with Crippen LogP contribution in [-0.4, -0.2) is 19.2 Å². The molecule has 21 heavy (non-hydrogen) atoms. The quantitative estimate of drug-likeness (QED) is 0.739. The fraction of sp³-hybridized carbons (Fsp3) is 0.684. The van der Waals surface area contributed by atoms with Crippen LogP contribution in [0.4, 0.5) is 0 Å². The summed E-state index contributed by atoms with van der Waals surface area (Å²) in [5.74, 6) is 0.691. The van der Waals surface area contributed by atoms with E-state index in [2.05, 4.69) is 50.4 Å². The van der Waals surface area contributed by atoms with Gasteiger partial charge in [0.1, 0.15) is 0 Å². The van der Waals surface area contributed by atoms with Crippen molar-refractivity contribution < 1.29 is 4.74 Å². The predicted octanol–water partition coefficient (Wildman–Crippen LogP) is 4.63. The molecule has 2 nitrogen and oxygen atoms in total. The molecule has 0 amide bonds. The first-order valence-corrected chi connectivity index (χ1v) is 8.64. The minimum absolute atomic E-state index is 0.184. The van der Waals surface area contributed by atoms with E-state index in [1.54, 1.807) is 0 Å². The van der Waals surface area contributed by atoms with Gasteiger partial charge in [-0.15, -0.1) is 0 Å². The third-order valence-corrected chi connectivity index (χ3v) is 4.66. The van der Waals surface area contributed by atoms with E-state index >= 15 is 0 Å². The molecule has 0 bridgehead atoms. The molecule has 1 N–H and O–H groups in total. The molecule has 2 rings (SSSR count). The standard InChI is InChI=1S/C19H31NO/c1-4-13-20-14-19(17-11-7-5-9-15(17)2)21-18-12-8-6-10-16(18)3/h5,7,9,11,16,18-20H,4,6,8,10,12-14H2,1-3H3. The van der Waals surface area contributed by atoms with Crippen molar-refractivity contribution >= 4 is 0 Å². The second kappa shape index (κ2) is 8.55. The van der Waals surface area contributed by atoms with Crippen molar-refractivity contribution in [2.75, 3.05) is 13.1 Å². The average Bonchev–Trinajstić information content (AvgIpc) is 2.49. The van der Waals surface area contributed by atoms with Gasteiger partial charge in [-0.05, 0) is 49.8 Å². The highest BCUT2D eigenvalue weighted by Crippen LogP contribution is 2.31. The second-order valence-corrected chi connectivity index (χ2v) is 6.49. The fourth-order valence-electron chi connectivity index (χ4n) is 3.28. The normalized spacial score (nSPS) is 24.0. The van der Waals surface area contributed by atoms with Crippen molar-refractivity contribution in [2.24, 2.45) is 5.92 Å². The number of benzene rings is 1. The van der Waals surface area contributed by atoms with Gasteiger partial charge in [0.2, 0.25) is 0 Å². The van der Waals surface area contributed by atoms with Crippen LogP contribution in [0.25, 0.3) is 0 Å². The van der Waals surface area contributed by atoms with Gasteiger partial charge in [-0.1, -0.05) is 51.0 Å². The van der Waals surface area contributed by atoms with Crippen molar-refractivity contribution in [3.63, 3.8) is 0 Å². The van der Waals surface area contributed by atoms with Crippen molar-refractivity contribution in [2.45, 2.75) is 65.1 Å². The lowest BCUT2D eigenvalue weighted by atomic mass is 9.87. The van der Waals surface area contributed by atoms with Crippen molar-refractivity contribution in [1.82, 2.24) is 5.32 Å². The van der Waals surface area contributed by atoms with E-state index < -0.39 is 0 Å². The minimum Gasteiger partial charge on any atom is -0.369 e. The highest BCUT2D eigenvalue weighted by Gasteiger charge is 2.26. The molecule has 118 valence electrons. The molecule has 0 radical (unpaired) electrons. The van der Waals surface area contributed by atoms with Gasteiger partial charge in [0.05, 0.1) is 12.2 Å². The molecular weight excluding hydrogens is 258 g/mol. The molecule has 0 spiro atoms. The lowest BCUT2D eigenvalue weighted by molar-refractivity contribution is -0.0565. The van der Waals surface area contributed by atoms with E-state index in [0.29, 0.717) is 12.0 Å². The van der Waals surface area contributed by atoms with E-state index in [0.717, 1.165) is 13.1 Å². The summed E-state index contributed by atoms with van der Waals surface area (Å²) < 4.78 is 6.55.